The predicted molar refractivity (Wildman–Crippen MR) is 84.9 cm³/mol. The van der Waals surface area contributed by atoms with E-state index in [0.717, 1.165) is 3.79 Å². The molecule has 1 atom stereocenters. The number of para-hydroxylation sites is 1. The Morgan fingerprint density at radius 2 is 2.14 bits per heavy atom. The summed E-state index contributed by atoms with van der Waals surface area (Å²) < 4.78 is 0.817. The van der Waals surface area contributed by atoms with Crippen LogP contribution in [0.25, 0.3) is 0 Å². The van der Waals surface area contributed by atoms with Crippen molar-refractivity contribution in [3.05, 3.63) is 49.6 Å². The minimum atomic E-state index is -1.88. The molecular weight excluding hydrogens is 378 g/mol. The van der Waals surface area contributed by atoms with E-state index in [-0.39, 0.29) is 12.2 Å². The van der Waals surface area contributed by atoms with Crippen molar-refractivity contribution in [2.24, 2.45) is 0 Å². The van der Waals surface area contributed by atoms with Crippen molar-refractivity contribution in [1.82, 2.24) is 0 Å². The molecule has 0 saturated heterocycles. The summed E-state index contributed by atoms with van der Waals surface area (Å²) in [5, 5.41) is 13.6. The summed E-state index contributed by atoms with van der Waals surface area (Å²) in [6, 6.07) is 8.26. The van der Waals surface area contributed by atoms with Gasteiger partial charge in [0.15, 0.2) is 11.4 Å². The Kier molecular flexibility index (Phi) is 3.65. The van der Waals surface area contributed by atoms with E-state index in [1.165, 1.54) is 11.3 Å². The van der Waals surface area contributed by atoms with E-state index in [1.54, 1.807) is 30.3 Å². The maximum atomic E-state index is 12.3. The Labute approximate surface area is 137 Å². The molecule has 3 rings (SSSR count). The molecule has 0 saturated carbocycles. The lowest BCUT2D eigenvalue weighted by molar-refractivity contribution is -0.133. The monoisotopic (exact) mass is 385 g/mol. The van der Waals surface area contributed by atoms with Gasteiger partial charge in [0.05, 0.1) is 25.8 Å². The Balaban J connectivity index is 1.97. The molecule has 1 aliphatic heterocycles. The van der Waals surface area contributed by atoms with Crippen LogP contribution in [0.4, 0.5) is 5.69 Å². The Bertz CT molecular complexity index is 760. The second-order valence-electron chi connectivity index (χ2n) is 4.68. The molecule has 1 unspecified atom stereocenters. The quantitative estimate of drug-likeness (QED) is 0.793. The van der Waals surface area contributed by atoms with Crippen molar-refractivity contribution in [1.29, 1.82) is 0 Å². The number of halogens is 2. The van der Waals surface area contributed by atoms with Crippen LogP contribution in [0, 0.1) is 0 Å². The number of Topliss-reactive ketones (excluding diaryl/α,β-unsaturated/α-hetero) is 1. The third-order valence-corrected chi connectivity index (χ3v) is 5.32. The highest BCUT2D eigenvalue weighted by Crippen LogP contribution is 2.42. The zero-order valence-corrected chi connectivity index (χ0v) is 13.7. The third kappa shape index (κ3) is 2.42. The number of rotatable bonds is 3. The van der Waals surface area contributed by atoms with E-state index >= 15 is 0 Å². The Morgan fingerprint density at radius 3 is 2.81 bits per heavy atom. The van der Waals surface area contributed by atoms with Crippen molar-refractivity contribution in [2.45, 2.75) is 12.0 Å². The lowest BCUT2D eigenvalue weighted by Crippen LogP contribution is -2.36. The molecule has 0 fully saturated rings. The fourth-order valence-electron chi connectivity index (χ4n) is 2.29. The van der Waals surface area contributed by atoms with Gasteiger partial charge in [0.25, 0.3) is 5.91 Å². The number of thiophene rings is 1. The maximum absolute atomic E-state index is 12.3. The molecule has 2 N–H and O–H groups in total. The van der Waals surface area contributed by atoms with Gasteiger partial charge in [0.1, 0.15) is 0 Å². The van der Waals surface area contributed by atoms with Crippen LogP contribution < -0.4 is 5.32 Å². The third-order valence-electron chi connectivity index (χ3n) is 3.34. The number of carbonyl (C=O) groups excluding carboxylic acids is 2. The number of nitrogens with one attached hydrogen (secondary N) is 1. The van der Waals surface area contributed by atoms with Gasteiger partial charge in [-0.3, -0.25) is 9.59 Å². The molecule has 2 aromatic rings. The average Bonchev–Trinajstić information content (AvgIpc) is 2.96. The van der Waals surface area contributed by atoms with Crippen LogP contribution in [0.5, 0.6) is 0 Å². The molecule has 0 aliphatic carbocycles. The zero-order valence-electron chi connectivity index (χ0n) is 10.5. The molecule has 1 aromatic heterocycles. The summed E-state index contributed by atoms with van der Waals surface area (Å²) in [6.45, 7) is 0. The number of carbonyl (C=O) groups is 2. The molecule has 0 bridgehead atoms. The minimum absolute atomic E-state index is 0.295. The lowest BCUT2D eigenvalue weighted by Gasteiger charge is -2.19. The van der Waals surface area contributed by atoms with Crippen LogP contribution in [0.3, 0.4) is 0 Å². The summed E-state index contributed by atoms with van der Waals surface area (Å²) in [4.78, 5) is 24.9. The summed E-state index contributed by atoms with van der Waals surface area (Å²) in [5.41, 5.74) is -1.18. The van der Waals surface area contributed by atoms with Gasteiger partial charge in [-0.15, -0.1) is 11.3 Å². The molecule has 108 valence electrons. The topological polar surface area (TPSA) is 66.4 Å². The van der Waals surface area contributed by atoms with Crippen molar-refractivity contribution in [3.8, 4) is 0 Å². The van der Waals surface area contributed by atoms with Gasteiger partial charge in [-0.2, -0.15) is 0 Å². The van der Waals surface area contributed by atoms with Crippen LogP contribution in [0.15, 0.2) is 34.1 Å². The first-order valence-corrected chi connectivity index (χ1v) is 8.02. The molecule has 4 nitrogen and oxygen atoms in total. The highest BCUT2D eigenvalue weighted by Gasteiger charge is 2.47. The number of benzene rings is 1. The summed E-state index contributed by atoms with van der Waals surface area (Å²) in [5.74, 6) is -0.925. The fourth-order valence-corrected chi connectivity index (χ4v) is 3.84. The number of hydrogen-bond acceptors (Lipinski definition) is 4. The van der Waals surface area contributed by atoms with Gasteiger partial charge < -0.3 is 10.4 Å². The molecule has 21 heavy (non-hydrogen) atoms. The minimum Gasteiger partial charge on any atom is -0.375 e. The Hall–Kier alpha value is -1.21. The molecule has 1 aliphatic rings. The van der Waals surface area contributed by atoms with Crippen molar-refractivity contribution in [2.75, 3.05) is 5.32 Å². The van der Waals surface area contributed by atoms with E-state index in [4.69, 9.17) is 11.6 Å². The second-order valence-corrected chi connectivity index (χ2v) is 7.55. The van der Waals surface area contributed by atoms with Gasteiger partial charge >= 0.3 is 0 Å². The molecule has 0 radical (unpaired) electrons. The van der Waals surface area contributed by atoms with Crippen LogP contribution in [0.2, 0.25) is 5.02 Å². The first-order valence-electron chi connectivity index (χ1n) is 6.03. The number of aliphatic hydroxyl groups is 1. The second kappa shape index (κ2) is 5.21. The molecule has 7 heteroatoms. The number of anilines is 1. The first-order chi connectivity index (χ1) is 9.91. The van der Waals surface area contributed by atoms with E-state index in [0.29, 0.717) is 21.2 Å². The molecule has 1 amide bonds. The van der Waals surface area contributed by atoms with Crippen LogP contribution in [-0.4, -0.2) is 16.8 Å². The SMILES string of the molecule is O=C(CC1(O)C(=O)Nc2c(Cl)cccc21)c1ccc(Br)s1. The van der Waals surface area contributed by atoms with Crippen LogP contribution in [0.1, 0.15) is 21.7 Å². The molecular formula is C14H9BrClNO3S. The van der Waals surface area contributed by atoms with Crippen molar-refractivity contribution < 1.29 is 14.7 Å². The average molecular weight is 387 g/mol. The fraction of sp³-hybridized carbons (Fsp3) is 0.143. The van der Waals surface area contributed by atoms with Crippen LogP contribution >= 0.6 is 38.9 Å². The first kappa shape index (κ1) is 14.7. The number of ketones is 1. The molecule has 2 heterocycles. The largest absolute Gasteiger partial charge is 0.375 e. The highest BCUT2D eigenvalue weighted by atomic mass is 79.9. The number of fused-ring (bicyclic) bond motifs is 1. The van der Waals surface area contributed by atoms with E-state index < -0.39 is 11.5 Å². The van der Waals surface area contributed by atoms with Crippen molar-refractivity contribution in [3.63, 3.8) is 0 Å². The zero-order chi connectivity index (χ0) is 15.2. The van der Waals surface area contributed by atoms with E-state index in [1.807, 2.05) is 0 Å². The van der Waals surface area contributed by atoms with Gasteiger partial charge in [-0.25, -0.2) is 0 Å². The smallest absolute Gasteiger partial charge is 0.261 e. The van der Waals surface area contributed by atoms with E-state index in [2.05, 4.69) is 21.2 Å². The number of hydrogen-bond donors (Lipinski definition) is 2. The normalized spacial score (nSPS) is 20.2. The summed E-state index contributed by atoms with van der Waals surface area (Å²) in [6.07, 6.45) is -0.320. The van der Waals surface area contributed by atoms with Gasteiger partial charge in [-0.05, 0) is 34.1 Å². The maximum Gasteiger partial charge on any atom is 0.261 e. The van der Waals surface area contributed by atoms with E-state index in [9.17, 15) is 14.7 Å². The Morgan fingerprint density at radius 1 is 1.38 bits per heavy atom. The highest BCUT2D eigenvalue weighted by molar-refractivity contribution is 9.11. The predicted octanol–water partition coefficient (Wildman–Crippen LogP) is 3.58. The molecule has 0 spiro atoms. The van der Waals surface area contributed by atoms with Crippen molar-refractivity contribution >= 4 is 56.2 Å². The van der Waals surface area contributed by atoms with Gasteiger partial charge in [-0.1, -0.05) is 23.7 Å². The molecule has 1 aromatic carbocycles. The number of amides is 1. The van der Waals surface area contributed by atoms with Crippen LogP contribution in [-0.2, 0) is 10.4 Å². The lowest BCUT2D eigenvalue weighted by atomic mass is 9.89. The summed E-state index contributed by atoms with van der Waals surface area (Å²) >= 11 is 10.5. The van der Waals surface area contributed by atoms with Gasteiger partial charge in [0.2, 0.25) is 0 Å². The standard InChI is InChI=1S/C14H9BrClNO3S/c15-11-5-4-10(21-11)9(18)6-14(20)7-2-1-3-8(16)12(7)17-13(14)19/h1-5,20H,6H2,(H,17,19). The van der Waals surface area contributed by atoms with Gasteiger partial charge in [0, 0.05) is 5.56 Å². The summed E-state index contributed by atoms with van der Waals surface area (Å²) in [7, 11) is 0.